The average molecular weight is 228 g/mol. The number of carbonyl (C=O) groups is 1. The molecule has 0 spiro atoms. The summed E-state index contributed by atoms with van der Waals surface area (Å²) in [7, 11) is 0. The van der Waals surface area contributed by atoms with Crippen LogP contribution in [0.15, 0.2) is 0 Å². The molecule has 1 aliphatic carbocycles. The summed E-state index contributed by atoms with van der Waals surface area (Å²) < 4.78 is 5.53. The Morgan fingerprint density at radius 1 is 1.44 bits per heavy atom. The minimum atomic E-state index is -0.00540. The van der Waals surface area contributed by atoms with E-state index in [-0.39, 0.29) is 30.7 Å². The van der Waals surface area contributed by atoms with Gasteiger partial charge in [-0.1, -0.05) is 13.8 Å². The van der Waals surface area contributed by atoms with Crippen molar-refractivity contribution >= 4 is 5.91 Å². The van der Waals surface area contributed by atoms with Gasteiger partial charge >= 0.3 is 0 Å². The van der Waals surface area contributed by atoms with Crippen LogP contribution in [0.3, 0.4) is 0 Å². The number of nitrogens with two attached hydrogens (primary N) is 1. The van der Waals surface area contributed by atoms with Crippen LogP contribution in [0.1, 0.15) is 46.0 Å². The Kier molecular flexibility index (Phi) is 5.77. The van der Waals surface area contributed by atoms with Crippen molar-refractivity contribution < 1.29 is 9.53 Å². The van der Waals surface area contributed by atoms with Gasteiger partial charge in [0.05, 0.1) is 6.10 Å². The zero-order valence-corrected chi connectivity index (χ0v) is 10.4. The number of hydrogen-bond acceptors (Lipinski definition) is 3. The molecule has 4 nitrogen and oxygen atoms in total. The fraction of sp³-hybridized carbons (Fsp3) is 0.917. The lowest BCUT2D eigenvalue weighted by Gasteiger charge is -2.16. The van der Waals surface area contributed by atoms with Gasteiger partial charge in [-0.25, -0.2) is 0 Å². The van der Waals surface area contributed by atoms with E-state index in [9.17, 15) is 4.79 Å². The molecule has 1 rings (SSSR count). The summed E-state index contributed by atoms with van der Waals surface area (Å²) in [6.45, 7) is 4.32. The standard InChI is InChI=1S/C12H24N2O2/c1-3-10(4-2)14-12(15)8-16-11-6-5-9(13)7-11/h9-11H,3-8,13H2,1-2H3,(H,14,15). The first kappa shape index (κ1) is 13.5. The zero-order valence-electron chi connectivity index (χ0n) is 10.4. The highest BCUT2D eigenvalue weighted by molar-refractivity contribution is 5.77. The second kappa shape index (κ2) is 6.86. The molecule has 0 aliphatic heterocycles. The topological polar surface area (TPSA) is 64.3 Å². The van der Waals surface area contributed by atoms with Gasteiger partial charge in [-0.15, -0.1) is 0 Å². The molecule has 0 saturated heterocycles. The zero-order chi connectivity index (χ0) is 12.0. The van der Waals surface area contributed by atoms with Crippen LogP contribution < -0.4 is 11.1 Å². The third kappa shape index (κ3) is 4.49. The van der Waals surface area contributed by atoms with Crippen LogP contribution in [0, 0.1) is 0 Å². The highest BCUT2D eigenvalue weighted by atomic mass is 16.5. The molecule has 1 fully saturated rings. The van der Waals surface area contributed by atoms with E-state index in [1.54, 1.807) is 0 Å². The Bertz CT molecular complexity index is 217. The summed E-state index contributed by atoms with van der Waals surface area (Å²) in [6.07, 6.45) is 5.01. The number of nitrogens with one attached hydrogen (secondary N) is 1. The highest BCUT2D eigenvalue weighted by Crippen LogP contribution is 2.19. The van der Waals surface area contributed by atoms with E-state index in [0.717, 1.165) is 32.1 Å². The number of hydrogen-bond donors (Lipinski definition) is 2. The molecule has 4 heteroatoms. The van der Waals surface area contributed by atoms with Crippen LogP contribution in [-0.2, 0) is 9.53 Å². The molecule has 0 heterocycles. The monoisotopic (exact) mass is 228 g/mol. The quantitative estimate of drug-likeness (QED) is 0.717. The molecular formula is C12H24N2O2. The van der Waals surface area contributed by atoms with Gasteiger partial charge < -0.3 is 15.8 Å². The van der Waals surface area contributed by atoms with Crippen LogP contribution in [0.25, 0.3) is 0 Å². The SMILES string of the molecule is CCC(CC)NC(=O)COC1CCC(N)C1. The van der Waals surface area contributed by atoms with Crippen molar-refractivity contribution in [2.45, 2.75) is 64.1 Å². The highest BCUT2D eigenvalue weighted by Gasteiger charge is 2.23. The van der Waals surface area contributed by atoms with E-state index in [1.807, 2.05) is 0 Å². The van der Waals surface area contributed by atoms with E-state index in [1.165, 1.54) is 0 Å². The van der Waals surface area contributed by atoms with Crippen molar-refractivity contribution in [3.05, 3.63) is 0 Å². The fourth-order valence-corrected chi connectivity index (χ4v) is 2.08. The summed E-state index contributed by atoms with van der Waals surface area (Å²) in [5.41, 5.74) is 5.77. The van der Waals surface area contributed by atoms with Gasteiger partial charge in [-0.3, -0.25) is 4.79 Å². The summed E-state index contributed by atoms with van der Waals surface area (Å²) in [5, 5.41) is 2.96. The number of ether oxygens (including phenoxy) is 1. The van der Waals surface area contributed by atoms with Crippen LogP contribution >= 0.6 is 0 Å². The van der Waals surface area contributed by atoms with Crippen LogP contribution in [0.5, 0.6) is 0 Å². The van der Waals surface area contributed by atoms with Gasteiger partial charge in [0.1, 0.15) is 6.61 Å². The first-order valence-electron chi connectivity index (χ1n) is 6.32. The van der Waals surface area contributed by atoms with Crippen LogP contribution in [0.4, 0.5) is 0 Å². The first-order chi connectivity index (χ1) is 7.65. The number of amides is 1. The summed E-state index contributed by atoms with van der Waals surface area (Å²) >= 11 is 0. The largest absolute Gasteiger partial charge is 0.368 e. The van der Waals surface area contributed by atoms with Crippen LogP contribution in [0.2, 0.25) is 0 Å². The van der Waals surface area contributed by atoms with Gasteiger partial charge in [0.25, 0.3) is 0 Å². The molecule has 16 heavy (non-hydrogen) atoms. The summed E-state index contributed by atoms with van der Waals surface area (Å²) in [4.78, 5) is 11.5. The molecule has 94 valence electrons. The van der Waals surface area contributed by atoms with Crippen molar-refractivity contribution in [1.82, 2.24) is 5.32 Å². The minimum absolute atomic E-state index is 0.00540. The third-order valence-electron chi connectivity index (χ3n) is 3.23. The second-order valence-corrected chi connectivity index (χ2v) is 4.59. The van der Waals surface area contributed by atoms with Gasteiger partial charge in [-0.05, 0) is 32.1 Å². The van der Waals surface area contributed by atoms with Crippen molar-refractivity contribution in [3.63, 3.8) is 0 Å². The molecule has 0 aromatic heterocycles. The van der Waals surface area contributed by atoms with E-state index < -0.39 is 0 Å². The average Bonchev–Trinajstić information content (AvgIpc) is 2.69. The van der Waals surface area contributed by atoms with Crippen molar-refractivity contribution in [1.29, 1.82) is 0 Å². The third-order valence-corrected chi connectivity index (χ3v) is 3.23. The lowest BCUT2D eigenvalue weighted by molar-refractivity contribution is -0.128. The molecule has 0 radical (unpaired) electrons. The maximum absolute atomic E-state index is 11.5. The molecule has 0 aromatic carbocycles. The Hall–Kier alpha value is -0.610. The number of rotatable bonds is 6. The Morgan fingerprint density at radius 2 is 2.12 bits per heavy atom. The van der Waals surface area contributed by atoms with Crippen molar-refractivity contribution in [3.8, 4) is 0 Å². The number of carbonyl (C=O) groups excluding carboxylic acids is 1. The lowest BCUT2D eigenvalue weighted by Crippen LogP contribution is -2.37. The van der Waals surface area contributed by atoms with E-state index in [2.05, 4.69) is 19.2 Å². The molecule has 3 N–H and O–H groups in total. The Balaban J connectivity index is 2.14. The van der Waals surface area contributed by atoms with E-state index >= 15 is 0 Å². The predicted molar refractivity (Wildman–Crippen MR) is 64.1 cm³/mol. The fourth-order valence-electron chi connectivity index (χ4n) is 2.08. The van der Waals surface area contributed by atoms with Gasteiger partial charge in [0.15, 0.2) is 0 Å². The molecule has 0 bridgehead atoms. The maximum atomic E-state index is 11.5. The minimum Gasteiger partial charge on any atom is -0.368 e. The predicted octanol–water partition coefficient (Wildman–Crippen LogP) is 1.19. The van der Waals surface area contributed by atoms with E-state index in [4.69, 9.17) is 10.5 Å². The van der Waals surface area contributed by atoms with Crippen LogP contribution in [-0.4, -0.2) is 30.7 Å². The lowest BCUT2D eigenvalue weighted by atomic mass is 10.2. The molecule has 1 aliphatic rings. The summed E-state index contributed by atoms with van der Waals surface area (Å²) in [6, 6.07) is 0.536. The molecule has 0 aromatic rings. The van der Waals surface area contributed by atoms with E-state index in [0.29, 0.717) is 0 Å². The normalized spacial score (nSPS) is 25.0. The van der Waals surface area contributed by atoms with Crippen molar-refractivity contribution in [2.24, 2.45) is 5.73 Å². The maximum Gasteiger partial charge on any atom is 0.246 e. The second-order valence-electron chi connectivity index (χ2n) is 4.59. The molecule has 2 unspecified atom stereocenters. The summed E-state index contributed by atoms with van der Waals surface area (Å²) in [5.74, 6) is -0.00540. The Morgan fingerprint density at radius 3 is 2.62 bits per heavy atom. The molecule has 1 saturated carbocycles. The van der Waals surface area contributed by atoms with Gasteiger partial charge in [-0.2, -0.15) is 0 Å². The molecule has 2 atom stereocenters. The Labute approximate surface area is 97.9 Å². The van der Waals surface area contributed by atoms with Crippen molar-refractivity contribution in [2.75, 3.05) is 6.61 Å². The smallest absolute Gasteiger partial charge is 0.246 e. The van der Waals surface area contributed by atoms with Gasteiger partial charge in [0, 0.05) is 12.1 Å². The first-order valence-corrected chi connectivity index (χ1v) is 6.32. The molecule has 1 amide bonds. The van der Waals surface area contributed by atoms with Gasteiger partial charge in [0.2, 0.25) is 5.91 Å². The molecular weight excluding hydrogens is 204 g/mol.